The molecule has 324 valence electrons. The second-order valence-electron chi connectivity index (χ2n) is 18.4. The number of oxazole rings is 1. The van der Waals surface area contributed by atoms with E-state index in [1.54, 1.807) is 16.7 Å². The molecule has 0 unspecified atom stereocenters. The van der Waals surface area contributed by atoms with Crippen LogP contribution in [0.25, 0.3) is 22.0 Å². The summed E-state index contributed by atoms with van der Waals surface area (Å²) in [6.07, 6.45) is 4.18. The quantitative estimate of drug-likeness (QED) is 0.0693. The lowest BCUT2D eigenvalue weighted by Crippen LogP contribution is -2.53. The Morgan fingerprint density at radius 3 is 2.34 bits per heavy atom. The first-order chi connectivity index (χ1) is 29.1. The molecule has 8 rings (SSSR count). The van der Waals surface area contributed by atoms with E-state index in [0.29, 0.717) is 40.5 Å². The van der Waals surface area contributed by atoms with Crippen LogP contribution in [-0.4, -0.2) is 71.2 Å². The summed E-state index contributed by atoms with van der Waals surface area (Å²) in [6.45, 7) is 15.4. The monoisotopic (exact) mass is 884 g/mol. The van der Waals surface area contributed by atoms with Crippen LogP contribution < -0.4 is 16.6 Å². The number of aryl methyl sites for hydroxylation is 1. The highest BCUT2D eigenvalue weighted by Gasteiger charge is 2.53. The van der Waals surface area contributed by atoms with Gasteiger partial charge in [0.1, 0.15) is 5.75 Å². The number of aromatic hydroxyl groups is 1. The van der Waals surface area contributed by atoms with Crippen molar-refractivity contribution in [2.45, 2.75) is 102 Å². The smallest absolute Gasteiger partial charge is 0.419 e. The van der Waals surface area contributed by atoms with Gasteiger partial charge in [-0.2, -0.15) is 0 Å². The van der Waals surface area contributed by atoms with Crippen LogP contribution in [0.2, 0.25) is 18.1 Å². The number of nitrogens with zero attached hydrogens (tertiary/aromatic N) is 2. The largest absolute Gasteiger partial charge is 0.506 e. The van der Waals surface area contributed by atoms with Crippen LogP contribution in [0.15, 0.2) is 91.5 Å². The number of piperidine rings is 1. The summed E-state index contributed by atoms with van der Waals surface area (Å²) in [4.78, 5) is 44.7. The molecule has 1 spiro atoms. The lowest BCUT2D eigenvalue weighted by atomic mass is 9.61. The fourth-order valence-electron chi connectivity index (χ4n) is 8.88. The molecule has 4 aromatic heterocycles. The molecule has 1 aliphatic heterocycles. The lowest BCUT2D eigenvalue weighted by Gasteiger charge is -2.53. The number of thiophene rings is 2. The fraction of sp³-hybridized carbons (Fsp3) is 0.457. The first-order valence-corrected chi connectivity index (χ1v) is 25.8. The third-order valence-electron chi connectivity index (χ3n) is 13.4. The van der Waals surface area contributed by atoms with Crippen LogP contribution in [0.4, 0.5) is 0 Å². The molecule has 6 aromatic rings. The fourth-order valence-corrected chi connectivity index (χ4v) is 12.0. The molecular formula is C46H56N4O8S2Si. The van der Waals surface area contributed by atoms with E-state index in [9.17, 15) is 24.6 Å². The highest BCUT2D eigenvalue weighted by molar-refractivity contribution is 7.12. The van der Waals surface area contributed by atoms with E-state index in [-0.39, 0.29) is 39.7 Å². The topological polar surface area (TPSA) is 159 Å². The van der Waals surface area contributed by atoms with Crippen molar-refractivity contribution in [1.82, 2.24) is 19.8 Å². The Balaban J connectivity index is 0.850. The number of carboxylic acid groups (broad SMARTS) is 1. The second-order valence-corrected chi connectivity index (χ2v) is 25.0. The number of H-pyrrole nitrogens is 1. The number of fused-ring (bicyclic) bond motifs is 2. The van der Waals surface area contributed by atoms with Gasteiger partial charge in [-0.15, -0.1) is 22.7 Å². The minimum absolute atomic E-state index is 0.0129. The number of likely N-dealkylation sites (tertiary alicyclic amines) is 1. The van der Waals surface area contributed by atoms with Gasteiger partial charge < -0.3 is 39.0 Å². The van der Waals surface area contributed by atoms with Gasteiger partial charge in [-0.05, 0) is 134 Å². The molecule has 61 heavy (non-hydrogen) atoms. The Morgan fingerprint density at radius 2 is 1.70 bits per heavy atom. The number of pyridine rings is 1. The summed E-state index contributed by atoms with van der Waals surface area (Å²) < 4.78 is 21.0. The third-order valence-corrected chi connectivity index (χ3v) is 19.8. The average molecular weight is 885 g/mol. The van der Waals surface area contributed by atoms with Crippen molar-refractivity contribution >= 4 is 59.0 Å². The number of aliphatic carboxylic acids is 1. The summed E-state index contributed by atoms with van der Waals surface area (Å²) >= 11 is 2.85. The number of aromatic nitrogens is 2. The van der Waals surface area contributed by atoms with Gasteiger partial charge in [0, 0.05) is 31.1 Å². The maximum absolute atomic E-state index is 13.1. The highest BCUT2D eigenvalue weighted by atomic mass is 32.1. The second kappa shape index (κ2) is 17.1. The number of carboxylic acids is 1. The molecule has 0 radical (unpaired) electrons. The van der Waals surface area contributed by atoms with Gasteiger partial charge in [0.05, 0.1) is 33.0 Å². The number of rotatable bonds is 16. The molecule has 1 atom stereocenters. The summed E-state index contributed by atoms with van der Waals surface area (Å²) in [5.74, 6) is -1.31. The minimum Gasteiger partial charge on any atom is -0.506 e. The highest BCUT2D eigenvalue weighted by Crippen LogP contribution is 2.53. The Morgan fingerprint density at radius 1 is 1.00 bits per heavy atom. The van der Waals surface area contributed by atoms with Crippen LogP contribution in [0.3, 0.4) is 0 Å². The molecule has 1 saturated carbocycles. The minimum atomic E-state index is -2.24. The SMILES string of the molecule is CC(C)(C)[Si](C)(C)O[C@@H](CNCc1ccc2c(c1)oc(=O)n2CCCN1CCC2(CC1)CC(OC(C(=O)O)(c1cccs1)c1cccs1)C2)c1ccc(O)c2[nH]c(=O)ccc12. The molecule has 15 heteroatoms. The van der Waals surface area contributed by atoms with Gasteiger partial charge in [0.2, 0.25) is 11.2 Å². The zero-order valence-corrected chi connectivity index (χ0v) is 38.1. The van der Waals surface area contributed by atoms with Crippen molar-refractivity contribution in [3.8, 4) is 5.75 Å². The molecule has 0 amide bonds. The molecular weight excluding hydrogens is 829 g/mol. The Bertz CT molecular complexity index is 2560. The van der Waals surface area contributed by atoms with E-state index < -0.39 is 19.9 Å². The number of carbonyl (C=O) groups is 1. The predicted molar refractivity (Wildman–Crippen MR) is 243 cm³/mol. The van der Waals surface area contributed by atoms with Gasteiger partial charge >= 0.3 is 11.7 Å². The Hall–Kier alpha value is -4.35. The molecule has 0 bridgehead atoms. The first kappa shape index (κ1) is 43.3. The van der Waals surface area contributed by atoms with Crippen LogP contribution >= 0.6 is 22.7 Å². The van der Waals surface area contributed by atoms with Gasteiger partial charge in [-0.25, -0.2) is 9.59 Å². The molecule has 2 aliphatic rings. The molecule has 1 saturated heterocycles. The number of ether oxygens (including phenoxy) is 1. The van der Waals surface area contributed by atoms with E-state index in [2.05, 4.69) is 49.1 Å². The number of phenols is 1. The van der Waals surface area contributed by atoms with Crippen LogP contribution in [0.1, 0.15) is 79.9 Å². The molecule has 2 aromatic carbocycles. The Kier molecular flexibility index (Phi) is 12.1. The molecule has 2 fully saturated rings. The summed E-state index contributed by atoms with van der Waals surface area (Å²) in [5.41, 5.74) is 2.00. The predicted octanol–water partition coefficient (Wildman–Crippen LogP) is 8.80. The van der Waals surface area contributed by atoms with Crippen LogP contribution in [0.5, 0.6) is 5.75 Å². The van der Waals surface area contributed by atoms with Crippen LogP contribution in [-0.2, 0) is 32.6 Å². The first-order valence-electron chi connectivity index (χ1n) is 21.1. The lowest BCUT2D eigenvalue weighted by molar-refractivity contribution is -0.190. The van der Waals surface area contributed by atoms with Gasteiger partial charge in [-0.3, -0.25) is 9.36 Å². The number of nitrogens with one attached hydrogen (secondary N) is 2. The van der Waals surface area contributed by atoms with E-state index in [0.717, 1.165) is 73.8 Å². The normalized spacial score (nSPS) is 17.0. The maximum Gasteiger partial charge on any atom is 0.419 e. The standard InChI is InChI=1S/C46H56N4O8S2Si/c1-44(2,3)61(4,5)58-37(32-12-15-35(51)41-33(32)13-16-40(52)48-41)29-47-28-30-11-14-34-36(25-30)56-43(55)50(34)20-8-19-49-21-17-45(18-22-49)26-31(27-45)57-46(42(53)54,38-9-6-23-59-38)39-10-7-24-60-39/h6-7,9-16,23-25,31,37,47,51H,8,17-22,26-29H2,1-5H3,(H,48,52)(H,53,54)/t37-/m0/s1. The summed E-state index contributed by atoms with van der Waals surface area (Å²) in [6, 6.07) is 20.1. The average Bonchev–Trinajstić information content (AvgIpc) is 4.00. The van der Waals surface area contributed by atoms with Crippen LogP contribution in [0, 0.1) is 5.41 Å². The number of phenolic OH excluding ortho intramolecular Hbond substituents is 1. The third kappa shape index (κ3) is 8.70. The van der Waals surface area contributed by atoms with Gasteiger partial charge in [0.15, 0.2) is 13.9 Å². The van der Waals surface area contributed by atoms with Gasteiger partial charge in [-0.1, -0.05) is 45.0 Å². The number of hydrogen-bond acceptors (Lipinski definition) is 11. The van der Waals surface area contributed by atoms with E-state index >= 15 is 0 Å². The molecule has 4 N–H and O–H groups in total. The molecule has 1 aliphatic carbocycles. The molecule has 12 nitrogen and oxygen atoms in total. The van der Waals surface area contributed by atoms with Crippen molar-refractivity contribution in [2.75, 3.05) is 26.2 Å². The molecule has 5 heterocycles. The zero-order valence-electron chi connectivity index (χ0n) is 35.5. The Labute approximate surface area is 364 Å². The van der Waals surface area contributed by atoms with Crippen molar-refractivity contribution in [1.29, 1.82) is 0 Å². The summed E-state index contributed by atoms with van der Waals surface area (Å²) in [5, 5.41) is 29.1. The van der Waals surface area contributed by atoms with E-state index in [1.165, 1.54) is 28.7 Å². The number of hydrogen-bond donors (Lipinski definition) is 4. The zero-order chi connectivity index (χ0) is 43.2. The van der Waals surface area contributed by atoms with Crippen molar-refractivity contribution < 1.29 is 28.6 Å². The van der Waals surface area contributed by atoms with Crippen molar-refractivity contribution in [3.63, 3.8) is 0 Å². The van der Waals surface area contributed by atoms with Crippen molar-refractivity contribution in [2.24, 2.45) is 5.41 Å². The summed E-state index contributed by atoms with van der Waals surface area (Å²) in [7, 11) is -2.24. The van der Waals surface area contributed by atoms with E-state index in [1.807, 2.05) is 59.3 Å². The maximum atomic E-state index is 13.1. The number of aromatic amines is 1. The van der Waals surface area contributed by atoms with E-state index in [4.69, 9.17) is 13.6 Å². The van der Waals surface area contributed by atoms with Crippen molar-refractivity contribution in [3.05, 3.63) is 119 Å². The number of benzene rings is 2. The van der Waals surface area contributed by atoms with Gasteiger partial charge in [0.25, 0.3) is 0 Å².